The maximum atomic E-state index is 12.4. The Kier molecular flexibility index (Phi) is 11.9. The summed E-state index contributed by atoms with van der Waals surface area (Å²) in [4.78, 5) is 24.3. The van der Waals surface area contributed by atoms with E-state index in [1.54, 1.807) is 0 Å². The fourth-order valence-corrected chi connectivity index (χ4v) is 2.42. The Bertz CT molecular complexity index is 506. The first-order chi connectivity index (χ1) is 12.7. The molecule has 0 spiro atoms. The van der Waals surface area contributed by atoms with Crippen molar-refractivity contribution in [3.05, 3.63) is 35.9 Å². The normalized spacial score (nSPS) is 11.6. The molecule has 1 aromatic carbocycles. The van der Waals surface area contributed by atoms with Crippen molar-refractivity contribution >= 4 is 12.1 Å². The zero-order valence-corrected chi connectivity index (χ0v) is 15.9. The summed E-state index contributed by atoms with van der Waals surface area (Å²) in [5.74, 6) is -0.437. The van der Waals surface area contributed by atoms with Crippen molar-refractivity contribution in [3.63, 3.8) is 0 Å². The van der Waals surface area contributed by atoms with Crippen LogP contribution in [0.3, 0.4) is 0 Å². The average molecular weight is 365 g/mol. The second kappa shape index (κ2) is 14.1. The third-order valence-corrected chi connectivity index (χ3v) is 3.87. The van der Waals surface area contributed by atoms with Gasteiger partial charge in [-0.3, -0.25) is 0 Å². The van der Waals surface area contributed by atoms with Gasteiger partial charge in [0.2, 0.25) is 0 Å². The van der Waals surface area contributed by atoms with E-state index in [0.29, 0.717) is 19.6 Å². The zero-order chi connectivity index (χ0) is 19.0. The molecule has 6 nitrogen and oxygen atoms in total. The van der Waals surface area contributed by atoms with E-state index in [2.05, 4.69) is 12.2 Å². The highest BCUT2D eigenvalue weighted by Crippen LogP contribution is 2.07. The van der Waals surface area contributed by atoms with Crippen molar-refractivity contribution in [2.45, 2.75) is 51.5 Å². The molecule has 1 atom stereocenters. The van der Waals surface area contributed by atoms with Gasteiger partial charge in [-0.1, -0.05) is 62.9 Å². The number of carbonyl (C=O) groups is 2. The van der Waals surface area contributed by atoms with Gasteiger partial charge in [-0.25, -0.2) is 9.59 Å². The van der Waals surface area contributed by atoms with Crippen LogP contribution in [0.4, 0.5) is 4.79 Å². The van der Waals surface area contributed by atoms with E-state index in [9.17, 15) is 9.59 Å². The Balaban J connectivity index is 2.50. The number of carbonyl (C=O) groups excluding carboxylic acids is 2. The van der Waals surface area contributed by atoms with Gasteiger partial charge in [0.05, 0.1) is 13.2 Å². The van der Waals surface area contributed by atoms with Gasteiger partial charge in [-0.05, 0) is 12.0 Å². The Morgan fingerprint density at radius 1 is 0.962 bits per heavy atom. The molecule has 1 amide bonds. The van der Waals surface area contributed by atoms with Gasteiger partial charge in [0.25, 0.3) is 0 Å². The third-order valence-electron chi connectivity index (χ3n) is 3.87. The van der Waals surface area contributed by atoms with Crippen molar-refractivity contribution in [3.8, 4) is 0 Å². The highest BCUT2D eigenvalue weighted by atomic mass is 16.6. The van der Waals surface area contributed by atoms with Crippen LogP contribution in [0.2, 0.25) is 0 Å². The Hall–Kier alpha value is -2.08. The number of hydrogen-bond donors (Lipinski definition) is 1. The van der Waals surface area contributed by atoms with Crippen LogP contribution in [0, 0.1) is 0 Å². The Morgan fingerprint density at radius 3 is 2.38 bits per heavy atom. The summed E-state index contributed by atoms with van der Waals surface area (Å²) in [7, 11) is 1.53. The molecule has 0 fully saturated rings. The zero-order valence-electron chi connectivity index (χ0n) is 15.9. The van der Waals surface area contributed by atoms with E-state index in [-0.39, 0.29) is 6.61 Å². The summed E-state index contributed by atoms with van der Waals surface area (Å²) in [6.07, 6.45) is 5.09. The second-order valence-electron chi connectivity index (χ2n) is 6.10. The lowest BCUT2D eigenvalue weighted by atomic mass is 10.1. The molecule has 1 unspecified atom stereocenters. The molecule has 146 valence electrons. The highest BCUT2D eigenvalue weighted by molar-refractivity contribution is 5.81. The minimum atomic E-state index is -0.775. The van der Waals surface area contributed by atoms with Crippen LogP contribution in [0.1, 0.15) is 44.6 Å². The molecule has 0 heterocycles. The smallest absolute Gasteiger partial charge is 0.407 e. The third kappa shape index (κ3) is 10.0. The summed E-state index contributed by atoms with van der Waals surface area (Å²) in [6, 6.07) is 8.72. The van der Waals surface area contributed by atoms with E-state index in [1.807, 2.05) is 30.3 Å². The van der Waals surface area contributed by atoms with Gasteiger partial charge in [-0.15, -0.1) is 0 Å². The minimum absolute atomic E-state index is 0.132. The average Bonchev–Trinajstić information content (AvgIpc) is 2.65. The quantitative estimate of drug-likeness (QED) is 0.428. The lowest BCUT2D eigenvalue weighted by molar-refractivity contribution is -0.146. The van der Waals surface area contributed by atoms with E-state index < -0.39 is 18.1 Å². The molecule has 0 bridgehead atoms. The summed E-state index contributed by atoms with van der Waals surface area (Å²) in [5, 5.41) is 2.59. The van der Waals surface area contributed by atoms with Crippen LogP contribution in [0.25, 0.3) is 0 Å². The number of methoxy groups -OCH3 is 1. The van der Waals surface area contributed by atoms with Crippen LogP contribution in [0.5, 0.6) is 0 Å². The van der Waals surface area contributed by atoms with Gasteiger partial charge in [0.1, 0.15) is 12.6 Å². The molecule has 0 saturated carbocycles. The standard InChI is InChI=1S/C20H31NO5/c1-3-4-5-6-10-13-25-19(22)18(16-17-11-8-7-9-12-17)21-20(23)26-15-14-24-2/h7-9,11-12,18H,3-6,10,13-16H2,1-2H3,(H,21,23). The molecule has 0 aromatic heterocycles. The van der Waals surface area contributed by atoms with Crippen molar-refractivity contribution in [1.29, 1.82) is 0 Å². The SMILES string of the molecule is CCCCCCCOC(=O)C(Cc1ccccc1)NC(=O)OCCOC. The summed E-state index contributed by atoms with van der Waals surface area (Å²) in [5.41, 5.74) is 0.939. The number of amides is 1. The number of rotatable bonds is 13. The molecule has 0 radical (unpaired) electrons. The highest BCUT2D eigenvalue weighted by Gasteiger charge is 2.23. The molecule has 6 heteroatoms. The predicted octanol–water partition coefficient (Wildman–Crippen LogP) is 3.48. The number of nitrogens with one attached hydrogen (secondary N) is 1. The van der Waals surface area contributed by atoms with Gasteiger partial charge < -0.3 is 19.5 Å². The van der Waals surface area contributed by atoms with Crippen LogP contribution < -0.4 is 5.32 Å². The summed E-state index contributed by atoms with van der Waals surface area (Å²) in [6.45, 7) is 2.96. The first-order valence-corrected chi connectivity index (χ1v) is 9.30. The number of ether oxygens (including phenoxy) is 3. The van der Waals surface area contributed by atoms with E-state index in [0.717, 1.165) is 24.8 Å². The van der Waals surface area contributed by atoms with Crippen molar-refractivity contribution < 1.29 is 23.8 Å². The molecule has 1 aromatic rings. The predicted molar refractivity (Wildman–Crippen MR) is 100 cm³/mol. The number of alkyl carbamates (subject to hydrolysis) is 1. The minimum Gasteiger partial charge on any atom is -0.464 e. The van der Waals surface area contributed by atoms with E-state index in [1.165, 1.54) is 20.0 Å². The number of benzene rings is 1. The topological polar surface area (TPSA) is 73.9 Å². The van der Waals surface area contributed by atoms with Gasteiger partial charge >= 0.3 is 12.1 Å². The van der Waals surface area contributed by atoms with Crippen molar-refractivity contribution in [2.75, 3.05) is 26.9 Å². The number of esters is 1. The maximum absolute atomic E-state index is 12.4. The molecular weight excluding hydrogens is 334 g/mol. The van der Waals surface area contributed by atoms with Crippen LogP contribution in [-0.2, 0) is 25.4 Å². The lowest BCUT2D eigenvalue weighted by Gasteiger charge is -2.18. The van der Waals surface area contributed by atoms with Gasteiger partial charge in [0.15, 0.2) is 0 Å². The Labute approximate surface area is 156 Å². The largest absolute Gasteiger partial charge is 0.464 e. The first-order valence-electron chi connectivity index (χ1n) is 9.30. The molecule has 0 aliphatic carbocycles. The lowest BCUT2D eigenvalue weighted by Crippen LogP contribution is -2.44. The van der Waals surface area contributed by atoms with Gasteiger partial charge in [-0.2, -0.15) is 0 Å². The number of unbranched alkanes of at least 4 members (excludes halogenated alkanes) is 4. The molecule has 0 saturated heterocycles. The Morgan fingerprint density at radius 2 is 1.69 bits per heavy atom. The van der Waals surface area contributed by atoms with Crippen LogP contribution in [-0.4, -0.2) is 45.0 Å². The van der Waals surface area contributed by atoms with E-state index >= 15 is 0 Å². The molecular formula is C20H31NO5. The fourth-order valence-electron chi connectivity index (χ4n) is 2.42. The van der Waals surface area contributed by atoms with Crippen molar-refractivity contribution in [1.82, 2.24) is 5.32 Å². The van der Waals surface area contributed by atoms with Crippen LogP contribution in [0.15, 0.2) is 30.3 Å². The van der Waals surface area contributed by atoms with Gasteiger partial charge in [0, 0.05) is 13.5 Å². The maximum Gasteiger partial charge on any atom is 0.407 e. The molecule has 1 rings (SSSR count). The molecule has 1 N–H and O–H groups in total. The first kappa shape index (κ1) is 22.0. The fraction of sp³-hybridized carbons (Fsp3) is 0.600. The summed E-state index contributed by atoms with van der Waals surface area (Å²) < 4.78 is 15.2. The molecule has 26 heavy (non-hydrogen) atoms. The monoisotopic (exact) mass is 365 g/mol. The number of hydrogen-bond acceptors (Lipinski definition) is 5. The summed E-state index contributed by atoms with van der Waals surface area (Å²) >= 11 is 0. The molecule has 0 aliphatic rings. The van der Waals surface area contributed by atoms with Crippen molar-refractivity contribution in [2.24, 2.45) is 0 Å². The molecule has 0 aliphatic heterocycles. The van der Waals surface area contributed by atoms with E-state index in [4.69, 9.17) is 14.2 Å². The second-order valence-corrected chi connectivity index (χ2v) is 6.10. The van der Waals surface area contributed by atoms with Crippen LogP contribution >= 0.6 is 0 Å².